The van der Waals surface area contributed by atoms with E-state index in [2.05, 4.69) is 10.1 Å². The Morgan fingerprint density at radius 2 is 1.97 bits per heavy atom. The Bertz CT molecular complexity index is 1020. The molecule has 0 aliphatic carbocycles. The molecule has 0 N–H and O–H groups in total. The molecule has 150 valence electrons. The molecular formula is C19H17N3O7. The monoisotopic (exact) mass is 399 g/mol. The maximum absolute atomic E-state index is 12.4. The van der Waals surface area contributed by atoms with Crippen LogP contribution in [0.25, 0.3) is 11.4 Å². The summed E-state index contributed by atoms with van der Waals surface area (Å²) in [6, 6.07) is 11.4. The number of nitro benzene ring substituents is 1. The Labute approximate surface area is 165 Å². The Morgan fingerprint density at radius 3 is 2.62 bits per heavy atom. The Morgan fingerprint density at radius 1 is 1.21 bits per heavy atom. The van der Waals surface area contributed by atoms with Crippen molar-refractivity contribution in [3.05, 3.63) is 64.0 Å². The zero-order valence-corrected chi connectivity index (χ0v) is 15.7. The molecule has 0 spiro atoms. The van der Waals surface area contributed by atoms with Crippen LogP contribution in [0.1, 0.15) is 23.2 Å². The van der Waals surface area contributed by atoms with Crippen LogP contribution in [0.5, 0.6) is 11.5 Å². The summed E-state index contributed by atoms with van der Waals surface area (Å²) in [5.74, 6) is -0.211. The summed E-state index contributed by atoms with van der Waals surface area (Å²) < 4.78 is 20.6. The highest BCUT2D eigenvalue weighted by Crippen LogP contribution is 2.35. The number of carbonyl (C=O) groups is 1. The number of nitrogens with zero attached hydrogens (tertiary/aromatic N) is 3. The second-order valence-electron chi connectivity index (χ2n) is 5.66. The lowest BCUT2D eigenvalue weighted by molar-refractivity contribution is -0.385. The summed E-state index contributed by atoms with van der Waals surface area (Å²) in [6.07, 6.45) is 0. The number of benzene rings is 2. The lowest BCUT2D eigenvalue weighted by atomic mass is 10.1. The van der Waals surface area contributed by atoms with E-state index in [-0.39, 0.29) is 36.2 Å². The molecule has 0 unspecified atom stereocenters. The number of carbonyl (C=O) groups excluding carboxylic acids is 1. The number of hydrogen-bond acceptors (Lipinski definition) is 9. The van der Waals surface area contributed by atoms with Crippen LogP contribution in [0.3, 0.4) is 0 Å². The average molecular weight is 399 g/mol. The van der Waals surface area contributed by atoms with Crippen LogP contribution in [0, 0.1) is 10.1 Å². The van der Waals surface area contributed by atoms with Crippen LogP contribution in [0.4, 0.5) is 5.69 Å². The zero-order valence-electron chi connectivity index (χ0n) is 15.7. The van der Waals surface area contributed by atoms with E-state index >= 15 is 0 Å². The standard InChI is InChI=1S/C19H17N3O7/c1-3-27-16-10-14(22(24)25)13(9-15(16)26-2)19(23)28-11-17-20-18(21-29-17)12-7-5-4-6-8-12/h4-10H,3,11H2,1-2H3. The lowest BCUT2D eigenvalue weighted by Crippen LogP contribution is -2.10. The minimum atomic E-state index is -0.933. The molecule has 3 rings (SSSR count). The summed E-state index contributed by atoms with van der Waals surface area (Å²) >= 11 is 0. The van der Waals surface area contributed by atoms with Gasteiger partial charge in [-0.15, -0.1) is 0 Å². The van der Waals surface area contributed by atoms with Gasteiger partial charge in [0.15, 0.2) is 18.1 Å². The van der Waals surface area contributed by atoms with Crippen molar-refractivity contribution < 1.29 is 28.5 Å². The van der Waals surface area contributed by atoms with Crippen LogP contribution in [0.15, 0.2) is 47.0 Å². The number of ether oxygens (including phenoxy) is 3. The van der Waals surface area contributed by atoms with Gasteiger partial charge in [0.1, 0.15) is 5.56 Å². The largest absolute Gasteiger partial charge is 0.493 e. The summed E-state index contributed by atoms with van der Waals surface area (Å²) in [6.45, 7) is 1.66. The van der Waals surface area contributed by atoms with E-state index in [1.807, 2.05) is 18.2 Å². The number of rotatable bonds is 8. The van der Waals surface area contributed by atoms with Crippen LogP contribution < -0.4 is 9.47 Å². The third-order valence-corrected chi connectivity index (χ3v) is 3.83. The van der Waals surface area contributed by atoms with Gasteiger partial charge in [-0.3, -0.25) is 10.1 Å². The maximum Gasteiger partial charge on any atom is 0.345 e. The third-order valence-electron chi connectivity index (χ3n) is 3.83. The first-order valence-electron chi connectivity index (χ1n) is 8.57. The normalized spacial score (nSPS) is 10.4. The van der Waals surface area contributed by atoms with Crippen molar-refractivity contribution in [1.82, 2.24) is 10.1 Å². The molecule has 1 heterocycles. The predicted octanol–water partition coefficient (Wildman–Crippen LogP) is 3.41. The number of methoxy groups -OCH3 is 1. The Kier molecular flexibility index (Phi) is 6.03. The van der Waals surface area contributed by atoms with Crippen molar-refractivity contribution in [3.8, 4) is 22.9 Å². The van der Waals surface area contributed by atoms with E-state index in [0.29, 0.717) is 5.82 Å². The van der Waals surface area contributed by atoms with Gasteiger partial charge in [-0.2, -0.15) is 4.98 Å². The smallest absolute Gasteiger partial charge is 0.345 e. The van der Waals surface area contributed by atoms with Crippen molar-refractivity contribution >= 4 is 11.7 Å². The summed E-state index contributed by atoms with van der Waals surface area (Å²) in [4.78, 5) is 27.3. The number of hydrogen-bond donors (Lipinski definition) is 0. The molecule has 10 heteroatoms. The maximum atomic E-state index is 12.4. The van der Waals surface area contributed by atoms with Crippen molar-refractivity contribution in [2.45, 2.75) is 13.5 Å². The van der Waals surface area contributed by atoms with Crippen molar-refractivity contribution in [2.24, 2.45) is 0 Å². The highest BCUT2D eigenvalue weighted by Gasteiger charge is 2.26. The second kappa shape index (κ2) is 8.83. The number of aromatic nitrogens is 2. The van der Waals surface area contributed by atoms with Gasteiger partial charge in [0.25, 0.3) is 11.6 Å². The van der Waals surface area contributed by atoms with E-state index < -0.39 is 16.6 Å². The van der Waals surface area contributed by atoms with Crippen LogP contribution in [-0.2, 0) is 11.3 Å². The third kappa shape index (κ3) is 4.49. The molecule has 0 aliphatic heterocycles. The van der Waals surface area contributed by atoms with Crippen LogP contribution >= 0.6 is 0 Å². The molecule has 0 radical (unpaired) electrons. The quantitative estimate of drug-likeness (QED) is 0.318. The Hall–Kier alpha value is -3.95. The molecule has 0 saturated heterocycles. The highest BCUT2D eigenvalue weighted by molar-refractivity contribution is 5.95. The molecule has 0 fully saturated rings. The molecule has 0 aliphatic rings. The fourth-order valence-electron chi connectivity index (χ4n) is 2.51. The summed E-state index contributed by atoms with van der Waals surface area (Å²) in [7, 11) is 1.36. The van der Waals surface area contributed by atoms with E-state index in [4.69, 9.17) is 18.7 Å². The SMILES string of the molecule is CCOc1cc([N+](=O)[O-])c(C(=O)OCc2nc(-c3ccccc3)no2)cc1OC. The first-order chi connectivity index (χ1) is 14.0. The van der Waals surface area contributed by atoms with Gasteiger partial charge in [0.2, 0.25) is 5.82 Å². The first kappa shape index (κ1) is 19.8. The van der Waals surface area contributed by atoms with E-state index in [0.717, 1.165) is 11.6 Å². The van der Waals surface area contributed by atoms with E-state index in [1.165, 1.54) is 13.2 Å². The molecule has 0 saturated carbocycles. The topological polar surface area (TPSA) is 127 Å². The summed E-state index contributed by atoms with van der Waals surface area (Å²) in [5, 5.41) is 15.2. The molecule has 10 nitrogen and oxygen atoms in total. The predicted molar refractivity (Wildman–Crippen MR) is 99.7 cm³/mol. The fourth-order valence-corrected chi connectivity index (χ4v) is 2.51. The van der Waals surface area contributed by atoms with Gasteiger partial charge in [0.05, 0.1) is 24.7 Å². The summed E-state index contributed by atoms with van der Waals surface area (Å²) in [5.41, 5.74) is -0.00596. The zero-order chi connectivity index (χ0) is 20.8. The second-order valence-corrected chi connectivity index (χ2v) is 5.66. The molecule has 29 heavy (non-hydrogen) atoms. The van der Waals surface area contributed by atoms with Gasteiger partial charge in [-0.1, -0.05) is 35.5 Å². The van der Waals surface area contributed by atoms with Crippen molar-refractivity contribution in [2.75, 3.05) is 13.7 Å². The van der Waals surface area contributed by atoms with E-state index in [1.54, 1.807) is 19.1 Å². The van der Waals surface area contributed by atoms with Gasteiger partial charge in [0, 0.05) is 11.6 Å². The van der Waals surface area contributed by atoms with Gasteiger partial charge < -0.3 is 18.7 Å². The number of esters is 1. The average Bonchev–Trinajstić information content (AvgIpc) is 3.21. The van der Waals surface area contributed by atoms with Gasteiger partial charge in [-0.25, -0.2) is 4.79 Å². The molecule has 2 aromatic carbocycles. The minimum Gasteiger partial charge on any atom is -0.493 e. The number of nitro groups is 1. The minimum absolute atomic E-state index is 0.0535. The fraction of sp³-hybridized carbons (Fsp3) is 0.211. The van der Waals surface area contributed by atoms with Gasteiger partial charge in [-0.05, 0) is 6.92 Å². The van der Waals surface area contributed by atoms with Crippen LogP contribution in [0.2, 0.25) is 0 Å². The lowest BCUT2D eigenvalue weighted by Gasteiger charge is -2.11. The Balaban J connectivity index is 1.78. The van der Waals surface area contributed by atoms with Crippen LogP contribution in [-0.4, -0.2) is 34.7 Å². The highest BCUT2D eigenvalue weighted by atomic mass is 16.6. The van der Waals surface area contributed by atoms with Crippen molar-refractivity contribution in [1.29, 1.82) is 0 Å². The first-order valence-corrected chi connectivity index (χ1v) is 8.57. The molecule has 3 aromatic rings. The van der Waals surface area contributed by atoms with E-state index in [9.17, 15) is 14.9 Å². The molecule has 0 amide bonds. The van der Waals surface area contributed by atoms with Crippen molar-refractivity contribution in [3.63, 3.8) is 0 Å². The molecule has 0 atom stereocenters. The van der Waals surface area contributed by atoms with Gasteiger partial charge >= 0.3 is 5.97 Å². The molecule has 1 aromatic heterocycles. The molecular weight excluding hydrogens is 382 g/mol. The molecule has 0 bridgehead atoms.